The molecule has 100 valence electrons. The van der Waals surface area contributed by atoms with Crippen molar-refractivity contribution in [3.8, 4) is 0 Å². The monoisotopic (exact) mass is 268 g/mol. The summed E-state index contributed by atoms with van der Waals surface area (Å²) in [5.41, 5.74) is 7.20. The molecule has 1 saturated heterocycles. The quantitative estimate of drug-likeness (QED) is 0.877. The van der Waals surface area contributed by atoms with Gasteiger partial charge in [-0.1, -0.05) is 23.7 Å². The van der Waals surface area contributed by atoms with Gasteiger partial charge in [0.05, 0.1) is 6.61 Å². The summed E-state index contributed by atoms with van der Waals surface area (Å²) in [6.07, 6.45) is 2.28. The Bertz CT molecular complexity index is 369. The summed E-state index contributed by atoms with van der Waals surface area (Å²) in [7, 11) is 0. The predicted octanol–water partition coefficient (Wildman–Crippen LogP) is 1.87. The van der Waals surface area contributed by atoms with Gasteiger partial charge in [0.15, 0.2) is 0 Å². The molecule has 0 amide bonds. The number of piperidine rings is 1. The Labute approximate surface area is 114 Å². The zero-order valence-electron chi connectivity index (χ0n) is 10.6. The van der Waals surface area contributed by atoms with Crippen molar-refractivity contribution in [1.29, 1.82) is 0 Å². The maximum Gasteiger partial charge on any atom is 0.0585 e. The van der Waals surface area contributed by atoms with Gasteiger partial charge in [-0.25, -0.2) is 0 Å². The molecular weight excluding hydrogens is 248 g/mol. The molecule has 4 heteroatoms. The van der Waals surface area contributed by atoms with E-state index in [-0.39, 0.29) is 12.6 Å². The van der Waals surface area contributed by atoms with E-state index in [0.717, 1.165) is 37.5 Å². The van der Waals surface area contributed by atoms with E-state index in [1.807, 2.05) is 12.1 Å². The van der Waals surface area contributed by atoms with Crippen LogP contribution in [0.25, 0.3) is 0 Å². The van der Waals surface area contributed by atoms with E-state index >= 15 is 0 Å². The second-order valence-corrected chi connectivity index (χ2v) is 5.55. The molecule has 1 aromatic rings. The summed E-state index contributed by atoms with van der Waals surface area (Å²) in [6, 6.07) is 7.91. The molecule has 0 aliphatic carbocycles. The summed E-state index contributed by atoms with van der Waals surface area (Å²) in [5, 5.41) is 9.91. The van der Waals surface area contributed by atoms with Gasteiger partial charge >= 0.3 is 0 Å². The number of aliphatic hydroxyl groups excluding tert-OH is 1. The first kappa shape index (κ1) is 13.8. The van der Waals surface area contributed by atoms with Crippen LogP contribution in [0.2, 0.25) is 5.02 Å². The van der Waals surface area contributed by atoms with Gasteiger partial charge < -0.3 is 10.8 Å². The molecule has 0 spiro atoms. The van der Waals surface area contributed by atoms with E-state index in [9.17, 15) is 0 Å². The molecule has 3 N–H and O–H groups in total. The molecule has 18 heavy (non-hydrogen) atoms. The smallest absolute Gasteiger partial charge is 0.0585 e. The fourth-order valence-corrected chi connectivity index (χ4v) is 2.71. The Morgan fingerprint density at radius 2 is 2.11 bits per heavy atom. The number of nitrogens with zero attached hydrogens (tertiary/aromatic N) is 1. The van der Waals surface area contributed by atoms with Gasteiger partial charge in [0.1, 0.15) is 0 Å². The SMILES string of the molecule is NC(CO)C1CCCN(Cc2ccc(Cl)cc2)C1. The molecule has 2 unspecified atom stereocenters. The summed E-state index contributed by atoms with van der Waals surface area (Å²) >= 11 is 5.88. The van der Waals surface area contributed by atoms with E-state index in [1.54, 1.807) is 0 Å². The van der Waals surface area contributed by atoms with Crippen molar-refractivity contribution in [1.82, 2.24) is 4.90 Å². The van der Waals surface area contributed by atoms with Crippen LogP contribution in [0.3, 0.4) is 0 Å². The van der Waals surface area contributed by atoms with Crippen molar-refractivity contribution in [2.24, 2.45) is 11.7 Å². The molecule has 1 aliphatic heterocycles. The van der Waals surface area contributed by atoms with Crippen LogP contribution in [0.5, 0.6) is 0 Å². The van der Waals surface area contributed by atoms with Crippen molar-refractivity contribution in [2.45, 2.75) is 25.4 Å². The first-order valence-electron chi connectivity index (χ1n) is 6.52. The Morgan fingerprint density at radius 3 is 2.78 bits per heavy atom. The maximum atomic E-state index is 9.14. The number of halogens is 1. The molecule has 0 bridgehead atoms. The van der Waals surface area contributed by atoms with Gasteiger partial charge in [-0.05, 0) is 43.0 Å². The Hall–Kier alpha value is -0.610. The zero-order valence-corrected chi connectivity index (χ0v) is 11.3. The summed E-state index contributed by atoms with van der Waals surface area (Å²) in [5.74, 6) is 0.413. The van der Waals surface area contributed by atoms with Gasteiger partial charge in [-0.2, -0.15) is 0 Å². The minimum absolute atomic E-state index is 0.0828. The molecule has 0 radical (unpaired) electrons. The Kier molecular flexibility index (Phi) is 5.01. The molecule has 1 aliphatic rings. The molecular formula is C14H21ClN2O. The lowest BCUT2D eigenvalue weighted by Crippen LogP contribution is -2.44. The third-order valence-corrected chi connectivity index (χ3v) is 3.93. The summed E-state index contributed by atoms with van der Waals surface area (Å²) in [6.45, 7) is 3.10. The molecule has 3 nitrogen and oxygen atoms in total. The van der Waals surface area contributed by atoms with Crippen molar-refractivity contribution in [2.75, 3.05) is 19.7 Å². The molecule has 1 fully saturated rings. The molecule has 1 heterocycles. The van der Waals surface area contributed by atoms with Gasteiger partial charge in [-0.15, -0.1) is 0 Å². The van der Waals surface area contributed by atoms with Gasteiger partial charge in [0, 0.05) is 24.2 Å². The lowest BCUT2D eigenvalue weighted by atomic mass is 9.91. The van der Waals surface area contributed by atoms with Crippen molar-refractivity contribution in [3.63, 3.8) is 0 Å². The number of nitrogens with two attached hydrogens (primary N) is 1. The highest BCUT2D eigenvalue weighted by molar-refractivity contribution is 6.30. The van der Waals surface area contributed by atoms with Crippen molar-refractivity contribution < 1.29 is 5.11 Å². The fourth-order valence-electron chi connectivity index (χ4n) is 2.58. The topological polar surface area (TPSA) is 49.5 Å². The molecule has 2 rings (SSSR count). The lowest BCUT2D eigenvalue weighted by Gasteiger charge is -2.35. The normalized spacial score (nSPS) is 22.9. The van der Waals surface area contributed by atoms with Crippen LogP contribution in [-0.4, -0.2) is 35.7 Å². The first-order valence-corrected chi connectivity index (χ1v) is 6.90. The second kappa shape index (κ2) is 6.53. The third-order valence-electron chi connectivity index (χ3n) is 3.68. The van der Waals surface area contributed by atoms with Crippen LogP contribution in [0.1, 0.15) is 18.4 Å². The highest BCUT2D eigenvalue weighted by atomic mass is 35.5. The van der Waals surface area contributed by atoms with E-state index < -0.39 is 0 Å². The lowest BCUT2D eigenvalue weighted by molar-refractivity contribution is 0.125. The fraction of sp³-hybridized carbons (Fsp3) is 0.571. The summed E-state index contributed by atoms with van der Waals surface area (Å²) < 4.78 is 0. The highest BCUT2D eigenvalue weighted by Gasteiger charge is 2.24. The van der Waals surface area contributed by atoms with Crippen LogP contribution in [0.4, 0.5) is 0 Å². The number of hydrogen-bond acceptors (Lipinski definition) is 3. The van der Waals surface area contributed by atoms with Crippen molar-refractivity contribution >= 4 is 11.6 Å². The van der Waals surface area contributed by atoms with Crippen LogP contribution >= 0.6 is 11.6 Å². The maximum absolute atomic E-state index is 9.14. The van der Waals surface area contributed by atoms with Crippen molar-refractivity contribution in [3.05, 3.63) is 34.9 Å². The van der Waals surface area contributed by atoms with E-state index in [2.05, 4.69) is 17.0 Å². The highest BCUT2D eigenvalue weighted by Crippen LogP contribution is 2.21. The number of aliphatic hydroxyl groups is 1. The van der Waals surface area contributed by atoms with E-state index in [4.69, 9.17) is 22.4 Å². The van der Waals surface area contributed by atoms with Crippen LogP contribution in [0.15, 0.2) is 24.3 Å². The minimum atomic E-state index is -0.0852. The van der Waals surface area contributed by atoms with Crippen LogP contribution in [-0.2, 0) is 6.54 Å². The second-order valence-electron chi connectivity index (χ2n) is 5.11. The van der Waals surface area contributed by atoms with E-state index in [0.29, 0.717) is 5.92 Å². The number of rotatable bonds is 4. The first-order chi connectivity index (χ1) is 8.69. The van der Waals surface area contributed by atoms with Gasteiger partial charge in [0.2, 0.25) is 0 Å². The standard InChI is InChI=1S/C14H21ClN2O/c15-13-5-3-11(4-6-13)8-17-7-1-2-12(9-17)14(16)10-18/h3-6,12,14,18H,1-2,7-10,16H2. The average molecular weight is 269 g/mol. The minimum Gasteiger partial charge on any atom is -0.395 e. The molecule has 1 aromatic carbocycles. The average Bonchev–Trinajstić information content (AvgIpc) is 2.41. The van der Waals surface area contributed by atoms with Gasteiger partial charge in [0.25, 0.3) is 0 Å². The third kappa shape index (κ3) is 3.69. The number of hydrogen-bond donors (Lipinski definition) is 2. The molecule has 2 atom stereocenters. The molecule has 0 saturated carbocycles. The van der Waals surface area contributed by atoms with Gasteiger partial charge in [-0.3, -0.25) is 4.90 Å². The summed E-state index contributed by atoms with van der Waals surface area (Å²) in [4.78, 5) is 2.41. The Morgan fingerprint density at radius 1 is 1.39 bits per heavy atom. The Balaban J connectivity index is 1.91. The molecule has 0 aromatic heterocycles. The predicted molar refractivity (Wildman–Crippen MR) is 74.5 cm³/mol. The zero-order chi connectivity index (χ0) is 13.0. The largest absolute Gasteiger partial charge is 0.395 e. The number of likely N-dealkylation sites (tertiary alicyclic amines) is 1. The van der Waals surface area contributed by atoms with E-state index in [1.165, 1.54) is 5.56 Å². The number of benzene rings is 1. The van der Waals surface area contributed by atoms with Crippen LogP contribution < -0.4 is 5.73 Å². The van der Waals surface area contributed by atoms with Crippen LogP contribution in [0, 0.1) is 5.92 Å².